The summed E-state index contributed by atoms with van der Waals surface area (Å²) >= 11 is 0. The predicted molar refractivity (Wildman–Crippen MR) is 79.1 cm³/mol. The minimum absolute atomic E-state index is 0.146. The largest absolute Gasteiger partial charge is 0.482 e. The van der Waals surface area contributed by atoms with Gasteiger partial charge in [-0.05, 0) is 42.3 Å². The second-order valence-corrected chi connectivity index (χ2v) is 4.91. The number of hydrogen-bond donors (Lipinski definition) is 1. The van der Waals surface area contributed by atoms with Crippen LogP contribution in [0.4, 0.5) is 13.2 Å². The number of aromatic nitrogens is 1. The summed E-state index contributed by atoms with van der Waals surface area (Å²) in [7, 11) is 1.24. The van der Waals surface area contributed by atoms with Gasteiger partial charge in [0, 0.05) is 5.56 Å². The molecule has 0 radical (unpaired) electrons. The van der Waals surface area contributed by atoms with Gasteiger partial charge in [0.25, 0.3) is 0 Å². The van der Waals surface area contributed by atoms with Crippen molar-refractivity contribution in [3.63, 3.8) is 0 Å². The van der Waals surface area contributed by atoms with Gasteiger partial charge in [0.15, 0.2) is 6.61 Å². The Balaban J connectivity index is 2.39. The molecular weight excluding hydrogens is 327 g/mol. The smallest absolute Gasteiger partial charge is 0.433 e. The summed E-state index contributed by atoms with van der Waals surface area (Å²) in [6, 6.07) is 6.90. The summed E-state index contributed by atoms with van der Waals surface area (Å²) in [5, 5.41) is 8.60. The summed E-state index contributed by atoms with van der Waals surface area (Å²) < 4.78 is 48.3. The number of pyridine rings is 1. The van der Waals surface area contributed by atoms with Gasteiger partial charge in [-0.25, -0.2) is 9.78 Å². The Labute approximate surface area is 135 Å². The molecule has 0 aliphatic heterocycles. The topological polar surface area (TPSA) is 68.7 Å². The zero-order valence-electron chi connectivity index (χ0n) is 12.8. The highest BCUT2D eigenvalue weighted by molar-refractivity contribution is 5.73. The molecule has 0 spiro atoms. The van der Waals surface area contributed by atoms with E-state index in [1.807, 2.05) is 0 Å². The third-order valence-electron chi connectivity index (χ3n) is 3.19. The van der Waals surface area contributed by atoms with E-state index in [1.165, 1.54) is 19.2 Å². The summed E-state index contributed by atoms with van der Waals surface area (Å²) in [5.74, 6) is -0.907. The number of aryl methyl sites for hydroxylation is 1. The lowest BCUT2D eigenvalue weighted by atomic mass is 10.0. The maximum Gasteiger partial charge on any atom is 0.433 e. The second kappa shape index (κ2) is 6.77. The van der Waals surface area contributed by atoms with Gasteiger partial charge in [0.1, 0.15) is 11.4 Å². The standard InChI is InChI=1S/C16H14F3NO4/c1-9-7-10(24-8-14(21)22)3-4-11(9)12-5-6-13(16(17,18)19)20-15(12)23-2/h3-7H,8H2,1-2H3,(H,21,22). The number of carboxylic acids is 1. The number of hydrogen-bond acceptors (Lipinski definition) is 4. The molecule has 0 atom stereocenters. The van der Waals surface area contributed by atoms with Crippen molar-refractivity contribution >= 4 is 5.97 Å². The normalized spacial score (nSPS) is 11.2. The van der Waals surface area contributed by atoms with Crippen LogP contribution in [0, 0.1) is 6.92 Å². The summed E-state index contributed by atoms with van der Waals surface area (Å²) in [4.78, 5) is 14.0. The van der Waals surface area contributed by atoms with Crippen molar-refractivity contribution in [2.45, 2.75) is 13.1 Å². The van der Waals surface area contributed by atoms with Gasteiger partial charge in [0.05, 0.1) is 7.11 Å². The van der Waals surface area contributed by atoms with E-state index >= 15 is 0 Å². The molecule has 2 rings (SSSR count). The fourth-order valence-corrected chi connectivity index (χ4v) is 2.13. The molecule has 0 saturated heterocycles. The lowest BCUT2D eigenvalue weighted by Crippen LogP contribution is -2.10. The van der Waals surface area contributed by atoms with Crippen molar-refractivity contribution in [1.29, 1.82) is 0 Å². The molecule has 1 N–H and O–H groups in total. The van der Waals surface area contributed by atoms with E-state index in [1.54, 1.807) is 19.1 Å². The van der Waals surface area contributed by atoms with Crippen LogP contribution in [0.15, 0.2) is 30.3 Å². The van der Waals surface area contributed by atoms with E-state index in [0.717, 1.165) is 6.07 Å². The highest BCUT2D eigenvalue weighted by Gasteiger charge is 2.33. The lowest BCUT2D eigenvalue weighted by molar-refractivity contribution is -0.141. The van der Waals surface area contributed by atoms with Gasteiger partial charge in [-0.1, -0.05) is 6.07 Å². The molecule has 24 heavy (non-hydrogen) atoms. The van der Waals surface area contributed by atoms with E-state index < -0.39 is 24.4 Å². The van der Waals surface area contributed by atoms with Crippen LogP contribution in [0.3, 0.4) is 0 Å². The average molecular weight is 341 g/mol. The first-order chi connectivity index (χ1) is 11.2. The number of rotatable bonds is 5. The number of alkyl halides is 3. The van der Waals surface area contributed by atoms with E-state index in [-0.39, 0.29) is 5.88 Å². The van der Waals surface area contributed by atoms with E-state index in [0.29, 0.717) is 22.4 Å². The maximum atomic E-state index is 12.7. The molecule has 2 aromatic rings. The van der Waals surface area contributed by atoms with Gasteiger partial charge >= 0.3 is 12.1 Å². The minimum Gasteiger partial charge on any atom is -0.482 e. The summed E-state index contributed by atoms with van der Waals surface area (Å²) in [6.45, 7) is 1.24. The maximum absolute atomic E-state index is 12.7. The molecule has 0 fully saturated rings. The number of methoxy groups -OCH3 is 1. The average Bonchev–Trinajstić information content (AvgIpc) is 2.51. The minimum atomic E-state index is -4.56. The summed E-state index contributed by atoms with van der Waals surface area (Å²) in [6.07, 6.45) is -4.56. The molecule has 128 valence electrons. The first-order valence-electron chi connectivity index (χ1n) is 6.80. The Morgan fingerprint density at radius 3 is 2.42 bits per heavy atom. The van der Waals surface area contributed by atoms with Gasteiger partial charge in [-0.15, -0.1) is 0 Å². The molecule has 0 saturated carbocycles. The van der Waals surface area contributed by atoms with Crippen LogP contribution < -0.4 is 9.47 Å². The fourth-order valence-electron chi connectivity index (χ4n) is 2.13. The number of aliphatic carboxylic acids is 1. The Kier molecular flexibility index (Phi) is 4.96. The van der Waals surface area contributed by atoms with E-state index in [4.69, 9.17) is 14.6 Å². The van der Waals surface area contributed by atoms with Crippen molar-refractivity contribution in [2.24, 2.45) is 0 Å². The fraction of sp³-hybridized carbons (Fsp3) is 0.250. The predicted octanol–water partition coefficient (Wildman–Crippen LogP) is 3.55. The Hall–Kier alpha value is -2.77. The van der Waals surface area contributed by atoms with Gasteiger partial charge in [0.2, 0.25) is 5.88 Å². The molecule has 5 nitrogen and oxygen atoms in total. The number of benzene rings is 1. The van der Waals surface area contributed by atoms with Gasteiger partial charge < -0.3 is 14.6 Å². The molecule has 0 amide bonds. The summed E-state index contributed by atoms with van der Waals surface area (Å²) in [5.41, 5.74) is 0.642. The molecule has 1 aromatic heterocycles. The van der Waals surface area contributed by atoms with Gasteiger partial charge in [-0.3, -0.25) is 0 Å². The third kappa shape index (κ3) is 3.95. The Morgan fingerprint density at radius 1 is 1.21 bits per heavy atom. The van der Waals surface area contributed by atoms with Crippen molar-refractivity contribution in [2.75, 3.05) is 13.7 Å². The Morgan fingerprint density at radius 2 is 1.88 bits per heavy atom. The SMILES string of the molecule is COc1nc(C(F)(F)F)ccc1-c1ccc(OCC(=O)O)cc1C. The molecule has 1 heterocycles. The molecule has 0 aliphatic rings. The van der Waals surface area contributed by atoms with E-state index in [2.05, 4.69) is 4.98 Å². The number of ether oxygens (including phenoxy) is 2. The van der Waals surface area contributed by atoms with Crippen LogP contribution in [0.5, 0.6) is 11.6 Å². The van der Waals surface area contributed by atoms with Crippen LogP contribution in [0.2, 0.25) is 0 Å². The molecule has 0 aliphatic carbocycles. The first kappa shape index (κ1) is 17.6. The molecule has 8 heteroatoms. The third-order valence-corrected chi connectivity index (χ3v) is 3.19. The quantitative estimate of drug-likeness (QED) is 0.901. The second-order valence-electron chi connectivity index (χ2n) is 4.91. The van der Waals surface area contributed by atoms with Gasteiger partial charge in [-0.2, -0.15) is 13.2 Å². The van der Waals surface area contributed by atoms with Crippen LogP contribution in [-0.4, -0.2) is 29.8 Å². The zero-order chi connectivity index (χ0) is 17.9. The molecule has 0 bridgehead atoms. The monoisotopic (exact) mass is 341 g/mol. The van der Waals surface area contributed by atoms with Crippen molar-refractivity contribution in [1.82, 2.24) is 4.98 Å². The van der Waals surface area contributed by atoms with Crippen LogP contribution in [0.1, 0.15) is 11.3 Å². The van der Waals surface area contributed by atoms with Crippen molar-refractivity contribution in [3.8, 4) is 22.8 Å². The number of halogens is 3. The number of carboxylic acid groups (broad SMARTS) is 1. The highest BCUT2D eigenvalue weighted by Crippen LogP contribution is 2.36. The van der Waals surface area contributed by atoms with Crippen LogP contribution >= 0.6 is 0 Å². The first-order valence-corrected chi connectivity index (χ1v) is 6.80. The highest BCUT2D eigenvalue weighted by atomic mass is 19.4. The van der Waals surface area contributed by atoms with Crippen molar-refractivity contribution in [3.05, 3.63) is 41.6 Å². The molecule has 0 unspecified atom stereocenters. The number of nitrogens with zero attached hydrogens (tertiary/aromatic N) is 1. The van der Waals surface area contributed by atoms with Crippen molar-refractivity contribution < 1.29 is 32.5 Å². The zero-order valence-corrected chi connectivity index (χ0v) is 12.8. The molecule has 1 aromatic carbocycles. The Bertz CT molecular complexity index is 759. The lowest BCUT2D eigenvalue weighted by Gasteiger charge is -2.14. The number of carbonyl (C=O) groups is 1. The van der Waals surface area contributed by atoms with Crippen LogP contribution in [0.25, 0.3) is 11.1 Å². The molecular formula is C16H14F3NO4. The van der Waals surface area contributed by atoms with Crippen LogP contribution in [-0.2, 0) is 11.0 Å². The van der Waals surface area contributed by atoms with E-state index in [9.17, 15) is 18.0 Å².